The van der Waals surface area contributed by atoms with Gasteiger partial charge < -0.3 is 10.2 Å². The zero-order valence-electron chi connectivity index (χ0n) is 13.9. The molecule has 4 heteroatoms. The molecular formula is C18H27ClN2O. The summed E-state index contributed by atoms with van der Waals surface area (Å²) in [7, 11) is 1.99. The van der Waals surface area contributed by atoms with E-state index in [4.69, 9.17) is 11.6 Å². The van der Waals surface area contributed by atoms with Crippen molar-refractivity contribution in [3.8, 4) is 0 Å². The summed E-state index contributed by atoms with van der Waals surface area (Å²) >= 11 is 6.29. The number of amides is 1. The SMILES string of the molecule is CNCCC1CCN(C(=O)C(C)(C)c2ccccc2Cl)CC1. The Bertz CT molecular complexity index is 508. The Kier molecular flexibility index (Phi) is 5.87. The molecule has 3 nitrogen and oxygen atoms in total. The Hall–Kier alpha value is -1.06. The first-order valence-corrected chi connectivity index (χ1v) is 8.53. The van der Waals surface area contributed by atoms with Gasteiger partial charge in [-0.15, -0.1) is 0 Å². The fourth-order valence-electron chi connectivity index (χ4n) is 3.25. The van der Waals surface area contributed by atoms with E-state index in [1.807, 2.05) is 50.1 Å². The van der Waals surface area contributed by atoms with Gasteiger partial charge in [0.05, 0.1) is 5.41 Å². The smallest absolute Gasteiger partial charge is 0.232 e. The quantitative estimate of drug-likeness (QED) is 0.900. The van der Waals surface area contributed by atoms with Crippen LogP contribution in [0, 0.1) is 5.92 Å². The van der Waals surface area contributed by atoms with Crippen LogP contribution >= 0.6 is 11.6 Å². The van der Waals surface area contributed by atoms with E-state index in [0.717, 1.165) is 44.0 Å². The van der Waals surface area contributed by atoms with E-state index in [9.17, 15) is 4.79 Å². The van der Waals surface area contributed by atoms with Crippen molar-refractivity contribution in [1.82, 2.24) is 10.2 Å². The predicted octanol–water partition coefficient (Wildman–Crippen LogP) is 3.47. The average molecular weight is 323 g/mol. The number of carbonyl (C=O) groups is 1. The van der Waals surface area contributed by atoms with Crippen molar-refractivity contribution in [2.75, 3.05) is 26.7 Å². The fraction of sp³-hybridized carbons (Fsp3) is 0.611. The number of piperidine rings is 1. The number of rotatable bonds is 5. The van der Waals surface area contributed by atoms with Crippen molar-refractivity contribution in [2.45, 2.75) is 38.5 Å². The van der Waals surface area contributed by atoms with E-state index < -0.39 is 5.41 Å². The lowest BCUT2D eigenvalue weighted by Crippen LogP contribution is -2.47. The molecule has 1 aromatic carbocycles. The molecule has 1 aromatic rings. The van der Waals surface area contributed by atoms with Crippen LogP contribution in [0.1, 0.15) is 38.7 Å². The lowest BCUT2D eigenvalue weighted by atomic mass is 9.82. The van der Waals surface area contributed by atoms with Gasteiger partial charge >= 0.3 is 0 Å². The maximum Gasteiger partial charge on any atom is 0.232 e. The molecule has 0 aliphatic carbocycles. The highest BCUT2D eigenvalue weighted by Crippen LogP contribution is 2.33. The topological polar surface area (TPSA) is 32.3 Å². The van der Waals surface area contributed by atoms with Gasteiger partial charge in [-0.25, -0.2) is 0 Å². The Labute approximate surface area is 139 Å². The summed E-state index contributed by atoms with van der Waals surface area (Å²) in [5, 5.41) is 3.88. The third kappa shape index (κ3) is 3.82. The first-order valence-electron chi connectivity index (χ1n) is 8.15. The van der Waals surface area contributed by atoms with Gasteiger partial charge in [0.15, 0.2) is 0 Å². The summed E-state index contributed by atoms with van der Waals surface area (Å²) < 4.78 is 0. The second-order valence-electron chi connectivity index (χ2n) is 6.73. The van der Waals surface area contributed by atoms with E-state index in [0.29, 0.717) is 5.02 Å². The molecule has 1 saturated heterocycles. The van der Waals surface area contributed by atoms with Crippen LogP contribution in [0.5, 0.6) is 0 Å². The molecule has 2 rings (SSSR count). The van der Waals surface area contributed by atoms with Crippen LogP contribution in [0.25, 0.3) is 0 Å². The minimum atomic E-state index is -0.573. The molecule has 0 bridgehead atoms. The molecule has 1 N–H and O–H groups in total. The first-order chi connectivity index (χ1) is 10.5. The normalized spacial score (nSPS) is 16.8. The number of halogens is 1. The molecule has 1 heterocycles. The summed E-state index contributed by atoms with van der Waals surface area (Å²) in [4.78, 5) is 15.0. The molecule has 0 saturated carbocycles. The Morgan fingerprint density at radius 1 is 1.32 bits per heavy atom. The molecule has 122 valence electrons. The van der Waals surface area contributed by atoms with Crippen molar-refractivity contribution in [2.24, 2.45) is 5.92 Å². The number of hydrogen-bond acceptors (Lipinski definition) is 2. The Balaban J connectivity index is 2.01. The predicted molar refractivity (Wildman–Crippen MR) is 92.3 cm³/mol. The zero-order valence-corrected chi connectivity index (χ0v) is 14.6. The lowest BCUT2D eigenvalue weighted by Gasteiger charge is -2.37. The molecule has 0 radical (unpaired) electrons. The van der Waals surface area contributed by atoms with Crippen molar-refractivity contribution in [3.63, 3.8) is 0 Å². The van der Waals surface area contributed by atoms with Crippen LogP contribution in [-0.2, 0) is 10.2 Å². The molecule has 1 aliphatic rings. The highest BCUT2D eigenvalue weighted by atomic mass is 35.5. The summed E-state index contributed by atoms with van der Waals surface area (Å²) in [6, 6.07) is 7.66. The Morgan fingerprint density at radius 3 is 2.55 bits per heavy atom. The third-order valence-corrected chi connectivity index (χ3v) is 5.12. The number of likely N-dealkylation sites (tertiary alicyclic amines) is 1. The van der Waals surface area contributed by atoms with E-state index in [2.05, 4.69) is 5.32 Å². The van der Waals surface area contributed by atoms with Crippen LogP contribution in [0.4, 0.5) is 0 Å². The molecule has 1 aliphatic heterocycles. The van der Waals surface area contributed by atoms with Crippen LogP contribution in [0.2, 0.25) is 5.02 Å². The molecule has 0 unspecified atom stereocenters. The molecule has 1 amide bonds. The lowest BCUT2D eigenvalue weighted by molar-refractivity contribution is -0.137. The van der Waals surface area contributed by atoms with Crippen LogP contribution in [-0.4, -0.2) is 37.5 Å². The van der Waals surface area contributed by atoms with Gasteiger partial charge in [-0.2, -0.15) is 0 Å². The van der Waals surface area contributed by atoms with Crippen LogP contribution < -0.4 is 5.32 Å². The molecule has 0 aromatic heterocycles. The summed E-state index contributed by atoms with van der Waals surface area (Å²) in [5.74, 6) is 0.924. The van der Waals surface area contributed by atoms with E-state index in [1.165, 1.54) is 6.42 Å². The maximum atomic E-state index is 12.9. The van der Waals surface area contributed by atoms with Gasteiger partial charge in [0.25, 0.3) is 0 Å². The van der Waals surface area contributed by atoms with Crippen molar-refractivity contribution < 1.29 is 4.79 Å². The first kappa shape index (κ1) is 17.3. The van der Waals surface area contributed by atoms with E-state index >= 15 is 0 Å². The van der Waals surface area contributed by atoms with Gasteiger partial charge in [0.1, 0.15) is 0 Å². The minimum Gasteiger partial charge on any atom is -0.342 e. The van der Waals surface area contributed by atoms with Crippen molar-refractivity contribution in [1.29, 1.82) is 0 Å². The number of benzene rings is 1. The van der Waals surface area contributed by atoms with E-state index in [-0.39, 0.29) is 5.91 Å². The van der Waals surface area contributed by atoms with Gasteiger partial charge in [-0.05, 0) is 64.3 Å². The monoisotopic (exact) mass is 322 g/mol. The highest BCUT2D eigenvalue weighted by Gasteiger charge is 2.36. The molecule has 0 atom stereocenters. The summed E-state index contributed by atoms with van der Waals surface area (Å²) in [6.45, 7) is 6.74. The van der Waals surface area contributed by atoms with Gasteiger partial charge in [0.2, 0.25) is 5.91 Å². The maximum absolute atomic E-state index is 12.9. The number of nitrogens with zero attached hydrogens (tertiary/aromatic N) is 1. The minimum absolute atomic E-state index is 0.188. The Morgan fingerprint density at radius 2 is 1.95 bits per heavy atom. The summed E-state index contributed by atoms with van der Waals surface area (Å²) in [5.41, 5.74) is 0.342. The number of nitrogens with one attached hydrogen (secondary N) is 1. The van der Waals surface area contributed by atoms with E-state index in [1.54, 1.807) is 0 Å². The molecular weight excluding hydrogens is 296 g/mol. The standard InChI is InChI=1S/C18H27ClN2O/c1-18(2,15-6-4-5-7-16(15)19)17(22)21-12-9-14(10-13-21)8-11-20-3/h4-7,14,20H,8-13H2,1-3H3. The second-order valence-corrected chi connectivity index (χ2v) is 7.14. The van der Waals surface area contributed by atoms with Crippen LogP contribution in [0.15, 0.2) is 24.3 Å². The van der Waals surface area contributed by atoms with Gasteiger partial charge in [0, 0.05) is 18.1 Å². The largest absolute Gasteiger partial charge is 0.342 e. The highest BCUT2D eigenvalue weighted by molar-refractivity contribution is 6.31. The van der Waals surface area contributed by atoms with Crippen LogP contribution in [0.3, 0.4) is 0 Å². The molecule has 1 fully saturated rings. The van der Waals surface area contributed by atoms with Crippen molar-refractivity contribution in [3.05, 3.63) is 34.9 Å². The third-order valence-electron chi connectivity index (χ3n) is 4.79. The van der Waals surface area contributed by atoms with Crippen molar-refractivity contribution >= 4 is 17.5 Å². The molecule has 0 spiro atoms. The number of carbonyl (C=O) groups excluding carboxylic acids is 1. The zero-order chi connectivity index (χ0) is 16.2. The number of hydrogen-bond donors (Lipinski definition) is 1. The van der Waals surface area contributed by atoms with Gasteiger partial charge in [-0.1, -0.05) is 29.8 Å². The molecule has 22 heavy (non-hydrogen) atoms. The second kappa shape index (κ2) is 7.47. The summed E-state index contributed by atoms with van der Waals surface area (Å²) in [6.07, 6.45) is 3.41. The fourth-order valence-corrected chi connectivity index (χ4v) is 3.62. The van der Waals surface area contributed by atoms with Gasteiger partial charge in [-0.3, -0.25) is 4.79 Å². The average Bonchev–Trinajstić information content (AvgIpc) is 2.53.